The Morgan fingerprint density at radius 1 is 1.00 bits per heavy atom. The molecule has 0 unspecified atom stereocenters. The molecule has 22 heavy (non-hydrogen) atoms. The highest BCUT2D eigenvalue weighted by Gasteiger charge is 2.18. The summed E-state index contributed by atoms with van der Waals surface area (Å²) < 4.78 is 0. The van der Waals surface area contributed by atoms with Gasteiger partial charge in [0.25, 0.3) is 0 Å². The molecule has 0 aliphatic heterocycles. The minimum absolute atomic E-state index is 0.422. The van der Waals surface area contributed by atoms with Crippen LogP contribution in [-0.4, -0.2) is 11.1 Å². The molecule has 3 rings (SSSR count). The monoisotopic (exact) mass is 290 g/mol. The van der Waals surface area contributed by atoms with E-state index < -0.39 is 5.97 Å². The SMILES string of the molecule is Cc1ccc(C#Cc2cc3c(c(C(=O)O)c2)CCCC3)cc1. The molecule has 0 fully saturated rings. The summed E-state index contributed by atoms with van der Waals surface area (Å²) in [5.74, 6) is 5.38. The average Bonchev–Trinajstić information content (AvgIpc) is 2.53. The molecule has 0 bridgehead atoms. The minimum atomic E-state index is -0.850. The molecule has 0 amide bonds. The zero-order valence-electron chi connectivity index (χ0n) is 12.6. The summed E-state index contributed by atoms with van der Waals surface area (Å²) >= 11 is 0. The molecule has 2 nitrogen and oxygen atoms in total. The molecule has 0 radical (unpaired) electrons. The van der Waals surface area contributed by atoms with E-state index >= 15 is 0 Å². The highest BCUT2D eigenvalue weighted by Crippen LogP contribution is 2.26. The van der Waals surface area contributed by atoms with Gasteiger partial charge in [0.05, 0.1) is 5.56 Å². The molecule has 2 heteroatoms. The van der Waals surface area contributed by atoms with Gasteiger partial charge in [-0.1, -0.05) is 29.5 Å². The first kappa shape index (κ1) is 14.4. The number of benzene rings is 2. The number of aromatic carboxylic acids is 1. The topological polar surface area (TPSA) is 37.3 Å². The molecule has 0 heterocycles. The first-order chi connectivity index (χ1) is 10.6. The lowest BCUT2D eigenvalue weighted by molar-refractivity contribution is 0.0695. The van der Waals surface area contributed by atoms with Crippen LogP contribution in [0.25, 0.3) is 0 Å². The molecule has 2 aromatic rings. The van der Waals surface area contributed by atoms with Crippen molar-refractivity contribution >= 4 is 5.97 Å². The lowest BCUT2D eigenvalue weighted by atomic mass is 9.86. The Labute approximate surface area is 130 Å². The third-order valence-corrected chi connectivity index (χ3v) is 4.10. The largest absolute Gasteiger partial charge is 0.478 e. The number of hydrogen-bond donors (Lipinski definition) is 1. The summed E-state index contributed by atoms with van der Waals surface area (Å²) in [6.07, 6.45) is 4.01. The Morgan fingerprint density at radius 2 is 1.68 bits per heavy atom. The van der Waals surface area contributed by atoms with Crippen LogP contribution in [0.2, 0.25) is 0 Å². The maximum Gasteiger partial charge on any atom is 0.336 e. The lowest BCUT2D eigenvalue weighted by Gasteiger charge is -2.18. The molecule has 0 atom stereocenters. The van der Waals surface area contributed by atoms with Gasteiger partial charge >= 0.3 is 5.97 Å². The smallest absolute Gasteiger partial charge is 0.336 e. The van der Waals surface area contributed by atoms with Gasteiger partial charge < -0.3 is 5.11 Å². The Morgan fingerprint density at radius 3 is 2.41 bits per heavy atom. The normalized spacial score (nSPS) is 13.0. The van der Waals surface area contributed by atoms with Crippen LogP contribution in [0.1, 0.15) is 51.0 Å². The van der Waals surface area contributed by atoms with E-state index in [0.717, 1.165) is 47.9 Å². The summed E-state index contributed by atoms with van der Waals surface area (Å²) in [4.78, 5) is 11.5. The third-order valence-electron chi connectivity index (χ3n) is 4.10. The van der Waals surface area contributed by atoms with E-state index in [4.69, 9.17) is 0 Å². The van der Waals surface area contributed by atoms with Gasteiger partial charge in [0.2, 0.25) is 0 Å². The zero-order chi connectivity index (χ0) is 15.5. The van der Waals surface area contributed by atoms with Gasteiger partial charge in [-0.3, -0.25) is 0 Å². The molecule has 0 spiro atoms. The van der Waals surface area contributed by atoms with Gasteiger partial charge in [0.15, 0.2) is 0 Å². The second-order valence-electron chi connectivity index (χ2n) is 5.79. The maximum absolute atomic E-state index is 11.5. The van der Waals surface area contributed by atoms with Crippen molar-refractivity contribution in [3.8, 4) is 11.8 Å². The van der Waals surface area contributed by atoms with Gasteiger partial charge in [-0.15, -0.1) is 0 Å². The summed E-state index contributed by atoms with van der Waals surface area (Å²) in [5, 5.41) is 9.43. The van der Waals surface area contributed by atoms with Crippen molar-refractivity contribution in [2.45, 2.75) is 32.6 Å². The third kappa shape index (κ3) is 3.04. The number of hydrogen-bond acceptors (Lipinski definition) is 1. The first-order valence-corrected chi connectivity index (χ1v) is 7.61. The van der Waals surface area contributed by atoms with Gasteiger partial charge in [0.1, 0.15) is 0 Å². The standard InChI is InChI=1S/C20H18O2/c1-14-6-8-15(9-7-14)10-11-16-12-17-4-2-3-5-18(17)19(13-16)20(21)22/h6-9,12-13H,2-5H2,1H3,(H,21,22). The van der Waals surface area contributed by atoms with Crippen molar-refractivity contribution in [3.05, 3.63) is 69.8 Å². The van der Waals surface area contributed by atoms with E-state index in [-0.39, 0.29) is 0 Å². The molecule has 1 aliphatic rings. The number of carboxylic acid groups (broad SMARTS) is 1. The number of carbonyl (C=O) groups is 1. The van der Waals surface area contributed by atoms with Crippen molar-refractivity contribution in [3.63, 3.8) is 0 Å². The second kappa shape index (κ2) is 6.07. The fraction of sp³-hybridized carbons (Fsp3) is 0.250. The molecular weight excluding hydrogens is 272 g/mol. The summed E-state index contributed by atoms with van der Waals surface area (Å²) in [6.45, 7) is 2.04. The Balaban J connectivity index is 1.99. The van der Waals surface area contributed by atoms with E-state index in [1.165, 1.54) is 5.56 Å². The Hall–Kier alpha value is -2.53. The number of aryl methyl sites for hydroxylation is 2. The van der Waals surface area contributed by atoms with Crippen molar-refractivity contribution in [2.75, 3.05) is 0 Å². The van der Waals surface area contributed by atoms with Crippen LogP contribution < -0.4 is 0 Å². The Kier molecular flexibility index (Phi) is 3.98. The molecule has 110 valence electrons. The number of carboxylic acids is 1. The van der Waals surface area contributed by atoms with Crippen molar-refractivity contribution < 1.29 is 9.90 Å². The highest BCUT2D eigenvalue weighted by molar-refractivity contribution is 5.90. The molecule has 1 aliphatic carbocycles. The zero-order valence-corrected chi connectivity index (χ0v) is 12.6. The van der Waals surface area contributed by atoms with Gasteiger partial charge in [-0.2, -0.15) is 0 Å². The second-order valence-corrected chi connectivity index (χ2v) is 5.79. The molecule has 2 aromatic carbocycles. The molecule has 1 N–H and O–H groups in total. The van der Waals surface area contributed by atoms with E-state index in [9.17, 15) is 9.90 Å². The van der Waals surface area contributed by atoms with E-state index in [2.05, 4.69) is 17.9 Å². The molecular formula is C20H18O2. The van der Waals surface area contributed by atoms with E-state index in [0.29, 0.717) is 5.56 Å². The van der Waals surface area contributed by atoms with Crippen LogP contribution in [0.5, 0.6) is 0 Å². The van der Waals surface area contributed by atoms with Crippen molar-refractivity contribution in [2.24, 2.45) is 0 Å². The minimum Gasteiger partial charge on any atom is -0.478 e. The molecule has 0 saturated carbocycles. The predicted octanol–water partition coefficient (Wildman–Crippen LogP) is 3.97. The van der Waals surface area contributed by atoms with Crippen molar-refractivity contribution in [1.29, 1.82) is 0 Å². The maximum atomic E-state index is 11.5. The van der Waals surface area contributed by atoms with Gasteiger partial charge in [-0.05, 0) is 68.0 Å². The average molecular weight is 290 g/mol. The first-order valence-electron chi connectivity index (χ1n) is 7.61. The van der Waals surface area contributed by atoms with Crippen LogP contribution >= 0.6 is 0 Å². The fourth-order valence-electron chi connectivity index (χ4n) is 2.91. The van der Waals surface area contributed by atoms with Crippen LogP contribution in [0.3, 0.4) is 0 Å². The Bertz CT molecular complexity index is 774. The molecule has 0 saturated heterocycles. The number of fused-ring (bicyclic) bond motifs is 1. The predicted molar refractivity (Wildman–Crippen MR) is 87.2 cm³/mol. The van der Waals surface area contributed by atoms with E-state index in [1.54, 1.807) is 6.07 Å². The fourth-order valence-corrected chi connectivity index (χ4v) is 2.91. The van der Waals surface area contributed by atoms with Crippen LogP contribution in [0.4, 0.5) is 0 Å². The van der Waals surface area contributed by atoms with Gasteiger partial charge in [-0.25, -0.2) is 4.79 Å². The van der Waals surface area contributed by atoms with E-state index in [1.807, 2.05) is 31.2 Å². The summed E-state index contributed by atoms with van der Waals surface area (Å²) in [7, 11) is 0. The lowest BCUT2D eigenvalue weighted by Crippen LogP contribution is -2.11. The van der Waals surface area contributed by atoms with Crippen LogP contribution in [0.15, 0.2) is 36.4 Å². The van der Waals surface area contributed by atoms with Crippen molar-refractivity contribution in [1.82, 2.24) is 0 Å². The number of rotatable bonds is 1. The van der Waals surface area contributed by atoms with Gasteiger partial charge in [0, 0.05) is 11.1 Å². The molecule has 0 aromatic heterocycles. The van der Waals surface area contributed by atoms with Crippen LogP contribution in [0, 0.1) is 18.8 Å². The highest BCUT2D eigenvalue weighted by atomic mass is 16.4. The summed E-state index contributed by atoms with van der Waals surface area (Å²) in [6, 6.07) is 11.8. The van der Waals surface area contributed by atoms with Crippen LogP contribution in [-0.2, 0) is 12.8 Å². The summed E-state index contributed by atoms with van der Waals surface area (Å²) in [5.41, 5.74) is 5.51. The quantitative estimate of drug-likeness (QED) is 0.807.